The lowest BCUT2D eigenvalue weighted by Crippen LogP contribution is -2.68. The number of aliphatic hydroxyl groups excluding tert-OH is 19. The van der Waals surface area contributed by atoms with Crippen LogP contribution in [-0.2, 0) is 80.7 Å². The van der Waals surface area contributed by atoms with Gasteiger partial charge in [-0.2, -0.15) is 0 Å². The molecule has 108 heavy (non-hydrogen) atoms. The number of rotatable bonds is 18. The highest BCUT2D eigenvalue weighted by molar-refractivity contribution is 5.74. The third-order valence-corrected chi connectivity index (χ3v) is 26.9. The van der Waals surface area contributed by atoms with Gasteiger partial charge in [-0.25, -0.2) is 4.79 Å². The fourth-order valence-electron chi connectivity index (χ4n) is 20.6. The van der Waals surface area contributed by atoms with Crippen molar-refractivity contribution in [1.82, 2.24) is 0 Å². The van der Waals surface area contributed by atoms with Crippen LogP contribution in [0.4, 0.5) is 0 Å². The molecule has 8 unspecified atom stereocenters. The second-order valence-electron chi connectivity index (χ2n) is 34.1. The van der Waals surface area contributed by atoms with E-state index in [1.54, 1.807) is 13.8 Å². The number of carboxylic acid groups (broad SMARTS) is 1. The van der Waals surface area contributed by atoms with Crippen LogP contribution in [0, 0.1) is 62.6 Å². The Morgan fingerprint density at radius 2 is 1.01 bits per heavy atom. The van der Waals surface area contributed by atoms with Crippen LogP contribution in [0.25, 0.3) is 0 Å². The molecule has 0 radical (unpaired) electrons. The average Bonchev–Trinajstić information content (AvgIpc) is 0.676. The molecule has 7 heterocycles. The molecule has 37 heteroatoms. The summed E-state index contributed by atoms with van der Waals surface area (Å²) in [4.78, 5) is 42.0. The summed E-state index contributed by atoms with van der Waals surface area (Å²) in [6.45, 7) is 14.6. The van der Waals surface area contributed by atoms with E-state index in [1.807, 2.05) is 13.8 Å². The Bertz CT molecular complexity index is 3150. The van der Waals surface area contributed by atoms with Crippen molar-refractivity contribution in [3.63, 3.8) is 0 Å². The Hall–Kier alpha value is -2.93. The highest BCUT2D eigenvalue weighted by atomic mass is 16.8. The zero-order valence-corrected chi connectivity index (χ0v) is 61.5. The SMILES string of the molecule is C[C@H]1CO[C@@H](O[C@H]2O[C@@H](O[C@H]3[C@H](OC(=O)C4CC(C)(C)CC5C6=CCC7[C@@]8(C)CC[C@H](O[C@@H]9O[C@H](C(=O)O)C(O)[C@H](O)[C@H]9O[C@@H]9O[C@H](CO)[C@H](O)[C@H](O)[C@H]9O)[C@@](C)(C=O)C8CC[C@@]7(C)[C@]6(C)C[C@@H](O)C45)O[C@H](C)[C@H](O[C@H]4O[C@H](C)[C@H](O)[C@H](O)C4O)[C@@H]3O)[C@H](O)[C@H](O)[C@H]2O)[C@H](O)[C@H]1O[C@@H]1O[C@H](CO)[C@@H](O)C(O)[C@H]1O. The van der Waals surface area contributed by atoms with Crippen LogP contribution in [0.15, 0.2) is 11.6 Å². The molecular formula is C71H112O37. The second-order valence-corrected chi connectivity index (χ2v) is 34.1. The Morgan fingerprint density at radius 1 is 0.491 bits per heavy atom. The van der Waals surface area contributed by atoms with Gasteiger partial charge in [0.2, 0.25) is 6.29 Å². The number of aldehydes is 1. The van der Waals surface area contributed by atoms with Crippen molar-refractivity contribution in [1.29, 1.82) is 0 Å². The fourth-order valence-corrected chi connectivity index (χ4v) is 20.6. The fraction of sp³-hybridized carbons (Fsp3) is 0.930. The molecule has 11 fully saturated rings. The largest absolute Gasteiger partial charge is 0.479 e. The van der Waals surface area contributed by atoms with Gasteiger partial charge in [-0.05, 0) is 105 Å². The normalized spacial score (nSPS) is 55.3. The van der Waals surface area contributed by atoms with Gasteiger partial charge < -0.3 is 173 Å². The molecule has 12 aliphatic rings. The average molecular weight is 1560 g/mol. The van der Waals surface area contributed by atoms with Gasteiger partial charge in [-0.1, -0.05) is 60.1 Å². The lowest BCUT2D eigenvalue weighted by atomic mass is 9.34. The van der Waals surface area contributed by atoms with E-state index in [0.717, 1.165) is 11.9 Å². The summed E-state index contributed by atoms with van der Waals surface area (Å²) in [7, 11) is 0. The summed E-state index contributed by atoms with van der Waals surface area (Å²) in [5.74, 6) is -6.23. The Labute approximate surface area is 621 Å². The van der Waals surface area contributed by atoms with E-state index in [-0.39, 0.29) is 31.8 Å². The van der Waals surface area contributed by atoms with E-state index in [0.29, 0.717) is 32.1 Å². The number of carboxylic acids is 1. The number of hydrogen-bond donors (Lipinski definition) is 20. The van der Waals surface area contributed by atoms with Crippen molar-refractivity contribution in [2.45, 2.75) is 329 Å². The molecular weight excluding hydrogens is 1440 g/mol. The topological polar surface area (TPSA) is 585 Å². The lowest BCUT2D eigenvalue weighted by molar-refractivity contribution is -0.416. The zero-order valence-electron chi connectivity index (χ0n) is 61.5. The molecule has 0 spiro atoms. The van der Waals surface area contributed by atoms with Crippen molar-refractivity contribution >= 4 is 18.2 Å². The number of ether oxygens (including phenoxy) is 14. The highest BCUT2D eigenvalue weighted by Crippen LogP contribution is 2.75. The van der Waals surface area contributed by atoms with E-state index < -0.39 is 297 Å². The molecule has 0 aromatic carbocycles. The zero-order chi connectivity index (χ0) is 79.0. The van der Waals surface area contributed by atoms with Crippen molar-refractivity contribution < 1.29 is 183 Å². The first-order valence-corrected chi connectivity index (χ1v) is 37.5. The maximum Gasteiger partial charge on any atom is 0.335 e. The van der Waals surface area contributed by atoms with Gasteiger partial charge in [0.05, 0.1) is 61.7 Å². The number of allylic oxidation sites excluding steroid dienone is 2. The first kappa shape index (κ1) is 84.5. The quantitative estimate of drug-likeness (QED) is 0.0263. The molecule has 0 aromatic heterocycles. The standard InChI is InChI=1S/C71H112O37/c1-23-21-95-59(51(91)52(23)101-61-46(86)40(80)37(77)30(19-72)98-61)107-64-49(89)42(82)48(88)63(108-64)105-56-50(90)53(102-60-45(85)39(79)36(76)24(2)96-60)25(3)97-65(56)106-58(94)27-17-67(4,5)16-26-28-10-11-33-68(6)14-13-34(69(7,22-74)32(68)12-15-70(33,8)71(28,9)18-29(75)35(26)27)100-66-55(44(84)43(83)54(103-66)57(92)93)104-62-47(87)41(81)38(78)31(20-73)99-62/h10,22-27,29-56,59-66,72-73,75-91H,11-21H2,1-9H3,(H,92,93)/t23-,24+,25+,26?,27?,29+,30+,31+,32?,33?,34-,35?,36-,37+,38-,39-,40?,41-,42-,43?,44-,45?,46+,47+,48+,49+,50-,51+,52-,53-,54-,55+,56+,59-,60+,61-,62-,63+,64-,65-,66+,68-,69-,70+,71+/m0/s1. The smallest absolute Gasteiger partial charge is 0.335 e. The molecule has 7 saturated heterocycles. The maximum atomic E-state index is 15.6. The highest BCUT2D eigenvalue weighted by Gasteiger charge is 2.71. The van der Waals surface area contributed by atoms with Gasteiger partial charge in [-0.15, -0.1) is 0 Å². The maximum absolute atomic E-state index is 15.6. The minimum absolute atomic E-state index is 0.157. The van der Waals surface area contributed by atoms with E-state index >= 15 is 4.79 Å². The predicted octanol–water partition coefficient (Wildman–Crippen LogP) is -6.54. The van der Waals surface area contributed by atoms with Crippen LogP contribution in [0.2, 0.25) is 0 Å². The third-order valence-electron chi connectivity index (χ3n) is 26.9. The van der Waals surface area contributed by atoms with Crippen molar-refractivity contribution in [2.24, 2.45) is 62.6 Å². The summed E-state index contributed by atoms with van der Waals surface area (Å²) in [6, 6.07) is 0. The number of fused-ring (bicyclic) bond motifs is 7. The molecule has 20 N–H and O–H groups in total. The van der Waals surface area contributed by atoms with Crippen LogP contribution >= 0.6 is 0 Å². The number of carbonyl (C=O) groups is 3. The Kier molecular flexibility index (Phi) is 25.0. The second kappa shape index (κ2) is 31.9. The van der Waals surface area contributed by atoms with E-state index in [2.05, 4.69) is 26.8 Å². The number of esters is 1. The minimum Gasteiger partial charge on any atom is -0.479 e. The van der Waals surface area contributed by atoms with Crippen LogP contribution < -0.4 is 0 Å². The first-order chi connectivity index (χ1) is 50.6. The molecule has 0 bridgehead atoms. The van der Waals surface area contributed by atoms with Gasteiger partial charge in [0, 0.05) is 11.8 Å². The number of carbonyl (C=O) groups excluding carboxylic acids is 2. The van der Waals surface area contributed by atoms with Crippen LogP contribution in [-0.4, -0.2) is 355 Å². The molecule has 4 saturated carbocycles. The van der Waals surface area contributed by atoms with Gasteiger partial charge in [0.25, 0.3) is 0 Å². The molecule has 37 nitrogen and oxygen atoms in total. The summed E-state index contributed by atoms with van der Waals surface area (Å²) in [5, 5.41) is 220. The van der Waals surface area contributed by atoms with Crippen LogP contribution in [0.1, 0.15) is 114 Å². The number of hydrogen-bond acceptors (Lipinski definition) is 36. The number of aliphatic carboxylic acids is 1. The van der Waals surface area contributed by atoms with Gasteiger partial charge >= 0.3 is 11.9 Å². The summed E-state index contributed by atoms with van der Waals surface area (Å²) in [6.07, 6.45) is -57.0. The Morgan fingerprint density at radius 3 is 1.58 bits per heavy atom. The van der Waals surface area contributed by atoms with Gasteiger partial charge in [0.15, 0.2) is 56.2 Å². The minimum atomic E-state index is -2.22. The Balaban J connectivity index is 0.785. The molecule has 45 atom stereocenters. The third kappa shape index (κ3) is 14.7. The molecule has 7 aliphatic heterocycles. The lowest BCUT2D eigenvalue weighted by Gasteiger charge is -2.71. The summed E-state index contributed by atoms with van der Waals surface area (Å²) < 4.78 is 83.8. The monoisotopic (exact) mass is 1560 g/mol. The summed E-state index contributed by atoms with van der Waals surface area (Å²) >= 11 is 0. The van der Waals surface area contributed by atoms with Gasteiger partial charge in [0.1, 0.15) is 128 Å². The van der Waals surface area contributed by atoms with E-state index in [9.17, 15) is 112 Å². The van der Waals surface area contributed by atoms with Crippen molar-refractivity contribution in [3.8, 4) is 0 Å². The molecule has 0 aromatic rings. The van der Waals surface area contributed by atoms with Crippen LogP contribution in [0.5, 0.6) is 0 Å². The molecule has 0 amide bonds. The van der Waals surface area contributed by atoms with Crippen molar-refractivity contribution in [2.75, 3.05) is 19.8 Å². The van der Waals surface area contributed by atoms with Gasteiger partial charge in [-0.3, -0.25) is 4.79 Å². The number of aliphatic hydroxyl groups is 19. The van der Waals surface area contributed by atoms with Crippen molar-refractivity contribution in [3.05, 3.63) is 11.6 Å². The van der Waals surface area contributed by atoms with Crippen LogP contribution in [0.3, 0.4) is 0 Å². The first-order valence-electron chi connectivity index (χ1n) is 37.5. The molecule has 618 valence electrons. The molecule has 12 rings (SSSR count). The summed E-state index contributed by atoms with van der Waals surface area (Å²) in [5.41, 5.74) is -2.96. The van der Waals surface area contributed by atoms with E-state index in [4.69, 9.17) is 66.3 Å². The molecule has 5 aliphatic carbocycles. The van der Waals surface area contributed by atoms with E-state index in [1.165, 1.54) is 13.8 Å². The predicted molar refractivity (Wildman–Crippen MR) is 352 cm³/mol.